The zero-order valence-corrected chi connectivity index (χ0v) is 16.4. The van der Waals surface area contributed by atoms with Crippen LogP contribution in [0.3, 0.4) is 0 Å². The molecule has 1 aromatic heterocycles. The van der Waals surface area contributed by atoms with Gasteiger partial charge in [0.25, 0.3) is 11.5 Å². The fourth-order valence-electron chi connectivity index (χ4n) is 2.94. The Morgan fingerprint density at radius 3 is 2.78 bits per heavy atom. The fourth-order valence-corrected chi connectivity index (χ4v) is 4.03. The summed E-state index contributed by atoms with van der Waals surface area (Å²) in [4.78, 5) is 28.3. The molecule has 0 fully saturated rings. The Hall–Kier alpha value is -2.68. The third-order valence-corrected chi connectivity index (χ3v) is 5.30. The van der Waals surface area contributed by atoms with E-state index in [1.165, 1.54) is 18.9 Å². The smallest absolute Gasteiger partial charge is 0.271 e. The van der Waals surface area contributed by atoms with Crippen LogP contribution in [0.2, 0.25) is 0 Å². The summed E-state index contributed by atoms with van der Waals surface area (Å²) in [6, 6.07) is 5.48. The number of nitrogens with zero attached hydrogens (tertiary/aromatic N) is 2. The number of nitrogens with two attached hydrogens (primary N) is 1. The molecule has 0 saturated carbocycles. The first kappa shape index (κ1) is 19.1. The minimum atomic E-state index is -0.579. The summed E-state index contributed by atoms with van der Waals surface area (Å²) in [5, 5.41) is 3.49. The molecule has 3 rings (SSSR count). The van der Waals surface area contributed by atoms with Crippen LogP contribution >= 0.6 is 11.8 Å². The van der Waals surface area contributed by atoms with Crippen molar-refractivity contribution in [2.24, 2.45) is 10.7 Å². The number of benzene rings is 1. The lowest BCUT2D eigenvalue weighted by Gasteiger charge is -2.22. The van der Waals surface area contributed by atoms with E-state index in [0.29, 0.717) is 22.9 Å². The summed E-state index contributed by atoms with van der Waals surface area (Å²) in [5.74, 6) is 0.952. The monoisotopic (exact) mass is 390 g/mol. The standard InChI is InChI=1S/C18H22N4O4S/c1-9(2)22-17-15(18(24)21-22)16(27-10(3)20-17)11-5-6-12(25-4)13(7-11)26-8-14(19)23/h5-7,9,16H,8H2,1-4H3,(H2,19,23)(H,21,24)/t16-/m1/s1. The van der Waals surface area contributed by atoms with E-state index in [9.17, 15) is 9.59 Å². The number of aromatic amines is 1. The third kappa shape index (κ3) is 3.73. The van der Waals surface area contributed by atoms with E-state index in [0.717, 1.165) is 10.6 Å². The molecular formula is C18H22N4O4S. The highest BCUT2D eigenvalue weighted by molar-refractivity contribution is 8.14. The van der Waals surface area contributed by atoms with Crippen molar-refractivity contribution in [2.45, 2.75) is 32.1 Å². The Morgan fingerprint density at radius 2 is 2.15 bits per heavy atom. The molecular weight excluding hydrogens is 368 g/mol. The molecule has 27 heavy (non-hydrogen) atoms. The van der Waals surface area contributed by atoms with Gasteiger partial charge in [0.1, 0.15) is 0 Å². The van der Waals surface area contributed by atoms with E-state index in [1.54, 1.807) is 16.8 Å². The van der Waals surface area contributed by atoms with Crippen molar-refractivity contribution < 1.29 is 14.3 Å². The summed E-state index contributed by atoms with van der Waals surface area (Å²) in [5.41, 5.74) is 6.46. The highest BCUT2D eigenvalue weighted by Gasteiger charge is 2.31. The van der Waals surface area contributed by atoms with Gasteiger partial charge in [0.2, 0.25) is 0 Å². The summed E-state index contributed by atoms with van der Waals surface area (Å²) in [7, 11) is 1.52. The van der Waals surface area contributed by atoms with Crippen molar-refractivity contribution in [2.75, 3.05) is 13.7 Å². The molecule has 0 aliphatic carbocycles. The summed E-state index contributed by atoms with van der Waals surface area (Å²) < 4.78 is 12.5. The molecule has 8 nitrogen and oxygen atoms in total. The molecule has 9 heteroatoms. The van der Waals surface area contributed by atoms with Crippen LogP contribution in [0.25, 0.3) is 0 Å². The molecule has 0 spiro atoms. The quantitative estimate of drug-likeness (QED) is 0.787. The largest absolute Gasteiger partial charge is 0.493 e. The SMILES string of the molecule is COc1ccc([C@H]2SC(C)=Nc3c2c(=O)[nH]n3C(C)C)cc1OCC(N)=O. The van der Waals surface area contributed by atoms with E-state index in [1.807, 2.05) is 26.8 Å². The number of H-pyrrole nitrogens is 1. The molecule has 0 radical (unpaired) electrons. The van der Waals surface area contributed by atoms with Crippen LogP contribution in [0.4, 0.5) is 5.82 Å². The Morgan fingerprint density at radius 1 is 1.41 bits per heavy atom. The number of nitrogens with one attached hydrogen (secondary N) is 1. The molecule has 0 saturated heterocycles. The number of aliphatic imine (C=N–C) groups is 1. The Labute approximate surface area is 160 Å². The van der Waals surface area contributed by atoms with Gasteiger partial charge >= 0.3 is 0 Å². The maximum atomic E-state index is 12.6. The molecule has 2 heterocycles. The van der Waals surface area contributed by atoms with Gasteiger partial charge in [-0.25, -0.2) is 4.99 Å². The normalized spacial score (nSPS) is 16.0. The second kappa shape index (κ2) is 7.51. The van der Waals surface area contributed by atoms with Crippen LogP contribution in [-0.2, 0) is 4.79 Å². The average molecular weight is 390 g/mol. The first-order chi connectivity index (χ1) is 12.8. The van der Waals surface area contributed by atoms with Gasteiger partial charge in [-0.2, -0.15) is 0 Å². The number of ether oxygens (including phenoxy) is 2. The highest BCUT2D eigenvalue weighted by atomic mass is 32.2. The lowest BCUT2D eigenvalue weighted by Crippen LogP contribution is -2.20. The van der Waals surface area contributed by atoms with E-state index in [-0.39, 0.29) is 23.5 Å². The molecule has 0 bridgehead atoms. The fraction of sp³-hybridized carbons (Fsp3) is 0.389. The van der Waals surface area contributed by atoms with E-state index >= 15 is 0 Å². The second-order valence-electron chi connectivity index (χ2n) is 6.44. The van der Waals surface area contributed by atoms with Crippen LogP contribution in [-0.4, -0.2) is 34.4 Å². The van der Waals surface area contributed by atoms with Gasteiger partial charge in [-0.15, -0.1) is 0 Å². The summed E-state index contributed by atoms with van der Waals surface area (Å²) in [6.45, 7) is 5.63. The number of methoxy groups -OCH3 is 1. The molecule has 1 aliphatic rings. The van der Waals surface area contributed by atoms with Gasteiger partial charge in [0, 0.05) is 6.04 Å². The van der Waals surface area contributed by atoms with E-state index in [4.69, 9.17) is 15.2 Å². The van der Waals surface area contributed by atoms with Crippen molar-refractivity contribution in [3.63, 3.8) is 0 Å². The Kier molecular flexibility index (Phi) is 5.31. The number of rotatable bonds is 6. The molecule has 1 aromatic carbocycles. The van der Waals surface area contributed by atoms with Gasteiger partial charge in [0.05, 0.1) is 23.0 Å². The van der Waals surface area contributed by atoms with Gasteiger partial charge < -0.3 is 15.2 Å². The Balaban J connectivity index is 2.08. The predicted octanol–water partition coefficient (Wildman–Crippen LogP) is 2.52. The minimum Gasteiger partial charge on any atom is -0.493 e. The zero-order chi connectivity index (χ0) is 19.7. The van der Waals surface area contributed by atoms with Crippen LogP contribution in [0.5, 0.6) is 11.5 Å². The van der Waals surface area contributed by atoms with Crippen molar-refractivity contribution in [3.05, 3.63) is 39.7 Å². The van der Waals surface area contributed by atoms with Gasteiger partial charge in [0.15, 0.2) is 23.9 Å². The molecule has 144 valence electrons. The zero-order valence-electron chi connectivity index (χ0n) is 15.6. The number of hydrogen-bond donors (Lipinski definition) is 2. The highest BCUT2D eigenvalue weighted by Crippen LogP contribution is 2.45. The van der Waals surface area contributed by atoms with Crippen LogP contribution in [0.1, 0.15) is 43.2 Å². The lowest BCUT2D eigenvalue weighted by molar-refractivity contribution is -0.119. The predicted molar refractivity (Wildman–Crippen MR) is 105 cm³/mol. The number of hydrogen-bond acceptors (Lipinski definition) is 6. The van der Waals surface area contributed by atoms with Gasteiger partial charge in [-0.1, -0.05) is 17.8 Å². The Bertz CT molecular complexity index is 961. The lowest BCUT2D eigenvalue weighted by atomic mass is 10.1. The molecule has 3 N–H and O–H groups in total. The first-order valence-electron chi connectivity index (χ1n) is 8.47. The first-order valence-corrected chi connectivity index (χ1v) is 9.35. The summed E-state index contributed by atoms with van der Waals surface area (Å²) in [6.07, 6.45) is 0. The average Bonchev–Trinajstić information content (AvgIpc) is 2.95. The van der Waals surface area contributed by atoms with Crippen LogP contribution in [0.15, 0.2) is 28.0 Å². The van der Waals surface area contributed by atoms with E-state index < -0.39 is 5.91 Å². The molecule has 1 amide bonds. The summed E-state index contributed by atoms with van der Waals surface area (Å²) >= 11 is 1.50. The van der Waals surface area contributed by atoms with Crippen molar-refractivity contribution in [1.82, 2.24) is 9.78 Å². The number of carbonyl (C=O) groups is 1. The topological polar surface area (TPSA) is 112 Å². The van der Waals surface area contributed by atoms with Crippen molar-refractivity contribution in [1.29, 1.82) is 0 Å². The minimum absolute atomic E-state index is 0.0760. The maximum absolute atomic E-state index is 12.6. The third-order valence-electron chi connectivity index (χ3n) is 4.13. The maximum Gasteiger partial charge on any atom is 0.271 e. The van der Waals surface area contributed by atoms with Gasteiger partial charge in [-0.3, -0.25) is 19.4 Å². The molecule has 0 unspecified atom stereocenters. The molecule has 2 aromatic rings. The van der Waals surface area contributed by atoms with Crippen LogP contribution in [0, 0.1) is 0 Å². The number of carbonyl (C=O) groups excluding carboxylic acids is 1. The van der Waals surface area contributed by atoms with Gasteiger partial charge in [-0.05, 0) is 38.5 Å². The second-order valence-corrected chi connectivity index (χ2v) is 7.73. The number of primary amides is 1. The van der Waals surface area contributed by atoms with Crippen LogP contribution < -0.4 is 20.8 Å². The number of amides is 1. The number of fused-ring (bicyclic) bond motifs is 1. The van der Waals surface area contributed by atoms with E-state index in [2.05, 4.69) is 10.1 Å². The molecule has 1 atom stereocenters. The van der Waals surface area contributed by atoms with Crippen molar-refractivity contribution >= 4 is 28.5 Å². The van der Waals surface area contributed by atoms with Crippen molar-refractivity contribution in [3.8, 4) is 11.5 Å². The number of thioether (sulfide) groups is 1. The number of aromatic nitrogens is 2. The molecule has 1 aliphatic heterocycles.